The zero-order chi connectivity index (χ0) is 14.8. The van der Waals surface area contributed by atoms with Crippen LogP contribution in [0.25, 0.3) is 0 Å². The molecule has 0 aliphatic heterocycles. The molecular weight excluding hydrogens is 278 g/mol. The Hall–Kier alpha value is -2.18. The molecule has 20 heavy (non-hydrogen) atoms. The van der Waals surface area contributed by atoms with Crippen LogP contribution in [0.3, 0.4) is 0 Å². The average Bonchev–Trinajstić information content (AvgIpc) is 2.47. The van der Waals surface area contributed by atoms with Crippen LogP contribution in [0.4, 0.5) is 0 Å². The van der Waals surface area contributed by atoms with Crippen molar-refractivity contribution in [1.29, 1.82) is 0 Å². The molecule has 0 amide bonds. The van der Waals surface area contributed by atoms with Gasteiger partial charge in [0.25, 0.3) is 0 Å². The SMILES string of the molecule is NC(c1ccc(C(=O)O)cc1)S(=O)(=O)c1ccccc1. The summed E-state index contributed by atoms with van der Waals surface area (Å²) in [5.74, 6) is -1.07. The molecule has 0 bridgehead atoms. The summed E-state index contributed by atoms with van der Waals surface area (Å²) in [7, 11) is -3.69. The number of hydrogen-bond acceptors (Lipinski definition) is 4. The highest BCUT2D eigenvalue weighted by molar-refractivity contribution is 7.91. The second-order valence-corrected chi connectivity index (χ2v) is 6.28. The van der Waals surface area contributed by atoms with Crippen molar-refractivity contribution in [2.24, 2.45) is 5.73 Å². The number of carboxylic acid groups (broad SMARTS) is 1. The predicted octanol–water partition coefficient (Wildman–Crippen LogP) is 1.82. The van der Waals surface area contributed by atoms with Gasteiger partial charge in [-0.1, -0.05) is 30.3 Å². The quantitative estimate of drug-likeness (QED) is 0.895. The van der Waals surface area contributed by atoms with E-state index in [0.717, 1.165) is 0 Å². The van der Waals surface area contributed by atoms with Crippen LogP contribution in [0, 0.1) is 0 Å². The first-order valence-corrected chi connectivity index (χ1v) is 7.35. The Labute approximate surface area is 116 Å². The van der Waals surface area contributed by atoms with Gasteiger partial charge in [-0.05, 0) is 29.8 Å². The summed E-state index contributed by atoms with van der Waals surface area (Å²) in [4.78, 5) is 10.9. The van der Waals surface area contributed by atoms with Gasteiger partial charge < -0.3 is 10.8 Å². The molecule has 2 aromatic rings. The first-order chi connectivity index (χ1) is 9.43. The van der Waals surface area contributed by atoms with Crippen molar-refractivity contribution in [3.63, 3.8) is 0 Å². The lowest BCUT2D eigenvalue weighted by Gasteiger charge is -2.13. The average molecular weight is 291 g/mol. The minimum absolute atomic E-state index is 0.0815. The zero-order valence-corrected chi connectivity index (χ0v) is 11.2. The number of aromatic carboxylic acids is 1. The van der Waals surface area contributed by atoms with Gasteiger partial charge in [0, 0.05) is 0 Å². The van der Waals surface area contributed by atoms with Crippen molar-refractivity contribution >= 4 is 15.8 Å². The Morgan fingerprint density at radius 1 is 1.00 bits per heavy atom. The second-order valence-electron chi connectivity index (χ2n) is 4.21. The molecule has 1 unspecified atom stereocenters. The molecule has 5 nitrogen and oxygen atoms in total. The molecular formula is C14H13NO4S. The standard InChI is InChI=1S/C14H13NO4S/c15-13(10-6-8-11(9-7-10)14(16)17)20(18,19)12-4-2-1-3-5-12/h1-9,13H,15H2,(H,16,17). The highest BCUT2D eigenvalue weighted by atomic mass is 32.2. The van der Waals surface area contributed by atoms with E-state index in [9.17, 15) is 13.2 Å². The van der Waals surface area contributed by atoms with E-state index in [2.05, 4.69) is 0 Å². The van der Waals surface area contributed by atoms with Gasteiger partial charge in [0.2, 0.25) is 0 Å². The molecule has 2 rings (SSSR count). The Bertz CT molecular complexity index is 709. The van der Waals surface area contributed by atoms with Crippen LogP contribution in [0.2, 0.25) is 0 Å². The third kappa shape index (κ3) is 2.71. The van der Waals surface area contributed by atoms with E-state index >= 15 is 0 Å². The summed E-state index contributed by atoms with van der Waals surface area (Å²) in [6.07, 6.45) is 0. The molecule has 0 aliphatic rings. The number of rotatable bonds is 4. The van der Waals surface area contributed by atoms with E-state index in [1.807, 2.05) is 0 Å². The number of sulfone groups is 1. The lowest BCUT2D eigenvalue weighted by Crippen LogP contribution is -2.22. The number of hydrogen-bond donors (Lipinski definition) is 2. The molecule has 0 radical (unpaired) electrons. The maximum atomic E-state index is 12.3. The molecule has 0 saturated carbocycles. The van der Waals surface area contributed by atoms with Crippen LogP contribution < -0.4 is 5.73 Å². The molecule has 2 aromatic carbocycles. The van der Waals surface area contributed by atoms with E-state index in [-0.39, 0.29) is 10.5 Å². The molecule has 1 atom stereocenters. The number of carbonyl (C=O) groups is 1. The molecule has 3 N–H and O–H groups in total. The fourth-order valence-corrected chi connectivity index (χ4v) is 3.10. The molecule has 0 fully saturated rings. The van der Waals surface area contributed by atoms with Crippen molar-refractivity contribution in [1.82, 2.24) is 0 Å². The topological polar surface area (TPSA) is 97.5 Å². The van der Waals surface area contributed by atoms with Crippen LogP contribution in [0.1, 0.15) is 21.3 Å². The van der Waals surface area contributed by atoms with Gasteiger partial charge in [-0.2, -0.15) is 0 Å². The van der Waals surface area contributed by atoms with Gasteiger partial charge in [-0.25, -0.2) is 13.2 Å². The maximum Gasteiger partial charge on any atom is 0.335 e. The monoisotopic (exact) mass is 291 g/mol. The van der Waals surface area contributed by atoms with Crippen molar-refractivity contribution < 1.29 is 18.3 Å². The summed E-state index contributed by atoms with van der Waals surface area (Å²) in [6.45, 7) is 0. The smallest absolute Gasteiger partial charge is 0.335 e. The molecule has 6 heteroatoms. The van der Waals surface area contributed by atoms with Gasteiger partial charge in [-0.3, -0.25) is 0 Å². The number of nitrogens with two attached hydrogens (primary N) is 1. The van der Waals surface area contributed by atoms with Gasteiger partial charge in [0.15, 0.2) is 9.84 Å². The van der Waals surface area contributed by atoms with Gasteiger partial charge in [0.1, 0.15) is 5.37 Å². The molecule has 0 heterocycles. The van der Waals surface area contributed by atoms with Gasteiger partial charge in [0.05, 0.1) is 10.5 Å². The third-order valence-corrected chi connectivity index (χ3v) is 4.76. The largest absolute Gasteiger partial charge is 0.478 e. The second kappa shape index (κ2) is 5.44. The van der Waals surface area contributed by atoms with Gasteiger partial charge in [-0.15, -0.1) is 0 Å². The maximum absolute atomic E-state index is 12.3. The lowest BCUT2D eigenvalue weighted by atomic mass is 10.1. The fourth-order valence-electron chi connectivity index (χ4n) is 1.75. The van der Waals surface area contributed by atoms with E-state index in [1.54, 1.807) is 18.2 Å². The van der Waals surface area contributed by atoms with E-state index in [4.69, 9.17) is 10.8 Å². The van der Waals surface area contributed by atoms with Crippen molar-refractivity contribution in [2.45, 2.75) is 10.3 Å². The Balaban J connectivity index is 2.36. The zero-order valence-electron chi connectivity index (χ0n) is 10.4. The normalized spacial score (nSPS) is 12.8. The summed E-state index contributed by atoms with van der Waals surface area (Å²) in [6, 6.07) is 13.4. The van der Waals surface area contributed by atoms with E-state index in [0.29, 0.717) is 5.56 Å². The van der Waals surface area contributed by atoms with Crippen LogP contribution in [0.15, 0.2) is 59.5 Å². The van der Waals surface area contributed by atoms with Crippen LogP contribution >= 0.6 is 0 Å². The first-order valence-electron chi connectivity index (χ1n) is 5.80. The summed E-state index contributed by atoms with van der Waals surface area (Å²) < 4.78 is 24.6. The summed E-state index contributed by atoms with van der Waals surface area (Å²) in [5, 5.41) is 7.57. The summed E-state index contributed by atoms with van der Waals surface area (Å²) >= 11 is 0. The molecule has 104 valence electrons. The highest BCUT2D eigenvalue weighted by Gasteiger charge is 2.25. The number of carboxylic acids is 1. The minimum Gasteiger partial charge on any atom is -0.478 e. The lowest BCUT2D eigenvalue weighted by molar-refractivity contribution is 0.0697. The minimum atomic E-state index is -3.69. The molecule has 0 spiro atoms. The van der Waals surface area contributed by atoms with Gasteiger partial charge >= 0.3 is 5.97 Å². The molecule has 0 saturated heterocycles. The van der Waals surface area contributed by atoms with Crippen molar-refractivity contribution in [3.8, 4) is 0 Å². The highest BCUT2D eigenvalue weighted by Crippen LogP contribution is 2.24. The molecule has 0 aromatic heterocycles. The van der Waals surface area contributed by atoms with Crippen molar-refractivity contribution in [3.05, 3.63) is 65.7 Å². The number of benzene rings is 2. The van der Waals surface area contributed by atoms with E-state index < -0.39 is 21.2 Å². The third-order valence-electron chi connectivity index (χ3n) is 2.89. The fraction of sp³-hybridized carbons (Fsp3) is 0.0714. The van der Waals surface area contributed by atoms with E-state index in [1.165, 1.54) is 36.4 Å². The van der Waals surface area contributed by atoms with Crippen LogP contribution in [-0.4, -0.2) is 19.5 Å². The summed E-state index contributed by atoms with van der Waals surface area (Å²) in [5.41, 5.74) is 6.22. The van der Waals surface area contributed by atoms with Crippen LogP contribution in [0.5, 0.6) is 0 Å². The Kier molecular flexibility index (Phi) is 3.87. The predicted molar refractivity (Wildman–Crippen MR) is 74.0 cm³/mol. The first kappa shape index (κ1) is 14.2. The van der Waals surface area contributed by atoms with Crippen molar-refractivity contribution in [2.75, 3.05) is 0 Å². The Morgan fingerprint density at radius 2 is 1.55 bits per heavy atom. The van der Waals surface area contributed by atoms with Crippen LogP contribution in [-0.2, 0) is 9.84 Å². The Morgan fingerprint density at radius 3 is 2.05 bits per heavy atom. The molecule has 0 aliphatic carbocycles.